The summed E-state index contributed by atoms with van der Waals surface area (Å²) in [5.41, 5.74) is 0.646. The van der Waals surface area contributed by atoms with Crippen LogP contribution in [0.3, 0.4) is 0 Å². The van der Waals surface area contributed by atoms with Crippen molar-refractivity contribution in [1.29, 1.82) is 0 Å². The van der Waals surface area contributed by atoms with Crippen molar-refractivity contribution in [3.63, 3.8) is 0 Å². The van der Waals surface area contributed by atoms with Gasteiger partial charge in [0.1, 0.15) is 17.3 Å². The molecule has 0 saturated carbocycles. The third-order valence-electron chi connectivity index (χ3n) is 5.37. The molecule has 1 aliphatic rings. The highest BCUT2D eigenvalue weighted by molar-refractivity contribution is 7.92. The van der Waals surface area contributed by atoms with Crippen LogP contribution in [0.1, 0.15) is 13.8 Å². The van der Waals surface area contributed by atoms with Crippen molar-refractivity contribution < 1.29 is 36.7 Å². The van der Waals surface area contributed by atoms with Crippen LogP contribution >= 0.6 is 11.3 Å². The Labute approximate surface area is 212 Å². The Balaban J connectivity index is 1.67. The first-order valence-electron chi connectivity index (χ1n) is 11.5. The first kappa shape index (κ1) is 27.7. The van der Waals surface area contributed by atoms with Crippen LogP contribution < -0.4 is 4.80 Å². The number of ether oxygens (including phenoxy) is 2. The summed E-state index contributed by atoms with van der Waals surface area (Å²) >= 11 is 1.06. The lowest BCUT2D eigenvalue weighted by molar-refractivity contribution is -0.130. The Bertz CT molecular complexity index is 1280. The molecule has 198 valence electrons. The predicted molar refractivity (Wildman–Crippen MR) is 131 cm³/mol. The molecule has 0 unspecified atom stereocenters. The molecule has 1 aromatic carbocycles. The zero-order valence-corrected chi connectivity index (χ0v) is 21.8. The summed E-state index contributed by atoms with van der Waals surface area (Å²) in [4.78, 5) is 43.8. The molecule has 0 bridgehead atoms. The van der Waals surface area contributed by atoms with E-state index in [2.05, 4.69) is 4.99 Å². The van der Waals surface area contributed by atoms with Gasteiger partial charge < -0.3 is 23.8 Å². The Hall–Kier alpha value is -2.84. The number of amides is 3. The topological polar surface area (TPSA) is 128 Å². The van der Waals surface area contributed by atoms with Gasteiger partial charge in [-0.3, -0.25) is 9.59 Å². The highest BCUT2D eigenvalue weighted by Crippen LogP contribution is 2.18. The smallest absolute Gasteiger partial charge is 0.409 e. The maximum atomic E-state index is 13.7. The first-order valence-corrected chi connectivity index (χ1v) is 14.1. The number of halogens is 1. The number of rotatable bonds is 9. The minimum absolute atomic E-state index is 0.170. The largest absolute Gasteiger partial charge is 0.450 e. The van der Waals surface area contributed by atoms with E-state index in [1.807, 2.05) is 6.92 Å². The summed E-state index contributed by atoms with van der Waals surface area (Å²) in [7, 11) is -4.09. The van der Waals surface area contributed by atoms with E-state index in [0.717, 1.165) is 11.3 Å². The molecular formula is C22H29FN4O7S2. The number of carbonyl (C=O) groups is 3. The molecule has 11 nitrogen and oxygen atoms in total. The van der Waals surface area contributed by atoms with Gasteiger partial charge in [0.05, 0.1) is 23.4 Å². The average molecular weight is 545 g/mol. The van der Waals surface area contributed by atoms with Crippen LogP contribution in [-0.4, -0.2) is 98.2 Å². The molecule has 14 heteroatoms. The van der Waals surface area contributed by atoms with E-state index in [0.29, 0.717) is 30.0 Å². The van der Waals surface area contributed by atoms with Gasteiger partial charge >= 0.3 is 6.09 Å². The van der Waals surface area contributed by atoms with Gasteiger partial charge in [-0.15, -0.1) is 0 Å². The number of benzene rings is 1. The third-order valence-corrected chi connectivity index (χ3v) is 7.79. The van der Waals surface area contributed by atoms with Gasteiger partial charge in [0.15, 0.2) is 14.6 Å². The molecule has 0 spiro atoms. The molecule has 0 aliphatic carbocycles. The molecule has 1 fully saturated rings. The zero-order chi connectivity index (χ0) is 26.3. The van der Waals surface area contributed by atoms with Gasteiger partial charge in [-0.25, -0.2) is 17.6 Å². The summed E-state index contributed by atoms with van der Waals surface area (Å²) in [5.74, 6) is -3.78. The Morgan fingerprint density at radius 3 is 2.42 bits per heavy atom. The van der Waals surface area contributed by atoms with Crippen LogP contribution in [0.25, 0.3) is 10.2 Å². The molecule has 0 radical (unpaired) electrons. The van der Waals surface area contributed by atoms with Crippen LogP contribution in [0.4, 0.5) is 9.18 Å². The van der Waals surface area contributed by atoms with Gasteiger partial charge in [-0.1, -0.05) is 11.3 Å². The van der Waals surface area contributed by atoms with Gasteiger partial charge in [-0.05, 0) is 32.0 Å². The van der Waals surface area contributed by atoms with Gasteiger partial charge in [0.2, 0.25) is 5.91 Å². The fourth-order valence-corrected chi connectivity index (χ4v) is 5.86. The monoisotopic (exact) mass is 544 g/mol. The van der Waals surface area contributed by atoms with Gasteiger partial charge in [0, 0.05) is 39.3 Å². The van der Waals surface area contributed by atoms with Crippen molar-refractivity contribution in [3.8, 4) is 0 Å². The second-order valence-corrected chi connectivity index (χ2v) is 11.0. The Kier molecular flexibility index (Phi) is 9.56. The zero-order valence-electron chi connectivity index (χ0n) is 20.1. The number of thiazole rings is 1. The number of hydrogen-bond acceptors (Lipinski definition) is 8. The van der Waals surface area contributed by atoms with Crippen LogP contribution in [0.15, 0.2) is 23.2 Å². The minimum Gasteiger partial charge on any atom is -0.450 e. The van der Waals surface area contributed by atoms with Crippen LogP contribution in [0, 0.1) is 5.82 Å². The number of aromatic nitrogens is 1. The molecule has 2 heterocycles. The van der Waals surface area contributed by atoms with E-state index < -0.39 is 45.1 Å². The average Bonchev–Trinajstić information content (AvgIpc) is 3.14. The van der Waals surface area contributed by atoms with Gasteiger partial charge in [0.25, 0.3) is 5.91 Å². The molecule has 1 saturated heterocycles. The summed E-state index contributed by atoms with van der Waals surface area (Å²) in [6, 6.07) is 4.17. The summed E-state index contributed by atoms with van der Waals surface area (Å²) in [6.45, 7) is 5.73. The van der Waals surface area contributed by atoms with Crippen molar-refractivity contribution in [2.75, 3.05) is 57.5 Å². The van der Waals surface area contributed by atoms with Crippen molar-refractivity contribution in [3.05, 3.63) is 28.8 Å². The predicted octanol–water partition coefficient (Wildman–Crippen LogP) is 1.02. The van der Waals surface area contributed by atoms with Crippen molar-refractivity contribution >= 4 is 49.3 Å². The van der Waals surface area contributed by atoms with E-state index in [-0.39, 0.29) is 37.6 Å². The molecule has 3 rings (SSSR count). The maximum absolute atomic E-state index is 13.7. The second-order valence-electron chi connectivity index (χ2n) is 7.95. The van der Waals surface area contributed by atoms with Crippen molar-refractivity contribution in [2.45, 2.75) is 20.4 Å². The van der Waals surface area contributed by atoms with Crippen LogP contribution in [0.2, 0.25) is 0 Å². The number of sulfone groups is 1. The number of carbonyl (C=O) groups excluding carboxylic acids is 3. The molecule has 0 atom stereocenters. The number of fused-ring (bicyclic) bond motifs is 1. The van der Waals surface area contributed by atoms with Crippen LogP contribution in [0.5, 0.6) is 0 Å². The summed E-state index contributed by atoms with van der Waals surface area (Å²) in [5, 5.41) is 0. The van der Waals surface area contributed by atoms with Crippen LogP contribution in [-0.2, 0) is 35.4 Å². The summed E-state index contributed by atoms with van der Waals surface area (Å²) < 4.78 is 51.3. The molecule has 3 amide bonds. The molecular weight excluding hydrogens is 515 g/mol. The highest BCUT2D eigenvalue weighted by Gasteiger charge is 2.28. The second kappa shape index (κ2) is 12.4. The molecule has 2 aromatic rings. The maximum Gasteiger partial charge on any atom is 0.409 e. The lowest BCUT2D eigenvalue weighted by Crippen LogP contribution is -2.52. The van der Waals surface area contributed by atoms with E-state index in [4.69, 9.17) is 9.47 Å². The lowest BCUT2D eigenvalue weighted by atomic mass is 10.3. The van der Waals surface area contributed by atoms with Crippen molar-refractivity contribution in [1.82, 2.24) is 14.4 Å². The van der Waals surface area contributed by atoms with Gasteiger partial charge in [-0.2, -0.15) is 4.99 Å². The lowest BCUT2D eigenvalue weighted by Gasteiger charge is -2.34. The van der Waals surface area contributed by atoms with E-state index in [1.165, 1.54) is 21.9 Å². The highest BCUT2D eigenvalue weighted by atomic mass is 32.2. The molecule has 1 aliphatic heterocycles. The fourth-order valence-electron chi connectivity index (χ4n) is 3.66. The van der Waals surface area contributed by atoms with E-state index in [9.17, 15) is 27.2 Å². The standard InChI is InChI=1S/C22H29FN4O7S2/c1-3-33-12-11-27-17-6-5-16(23)13-18(17)35-21(27)24-19(28)14-36(31,32)15-20(29)25-7-9-26(10-8-25)22(30)34-4-2/h5-6,13H,3-4,7-12,14-15H2,1-2H3. The Morgan fingerprint density at radius 2 is 1.75 bits per heavy atom. The van der Waals surface area contributed by atoms with E-state index >= 15 is 0 Å². The minimum atomic E-state index is -4.09. The number of nitrogens with zero attached hydrogens (tertiary/aromatic N) is 4. The fraction of sp³-hybridized carbons (Fsp3) is 0.545. The quantitative estimate of drug-likeness (QED) is 0.431. The van der Waals surface area contributed by atoms with Crippen molar-refractivity contribution in [2.24, 2.45) is 4.99 Å². The van der Waals surface area contributed by atoms with E-state index in [1.54, 1.807) is 17.6 Å². The molecule has 1 aromatic heterocycles. The normalized spacial score (nSPS) is 14.9. The third kappa shape index (κ3) is 7.34. The summed E-state index contributed by atoms with van der Waals surface area (Å²) in [6.07, 6.45) is -0.480. The number of hydrogen-bond donors (Lipinski definition) is 0. The first-order chi connectivity index (χ1) is 17.1. The Morgan fingerprint density at radius 1 is 1.06 bits per heavy atom. The SMILES string of the molecule is CCOCCn1c(=NC(=O)CS(=O)(=O)CC(=O)N2CCN(C(=O)OCC)CC2)sc2cc(F)ccc21. The molecule has 36 heavy (non-hydrogen) atoms. The number of piperazine rings is 1. The molecule has 0 N–H and O–H groups in total.